The van der Waals surface area contributed by atoms with Crippen molar-refractivity contribution in [2.24, 2.45) is 0 Å². The molecule has 0 saturated carbocycles. The Morgan fingerprint density at radius 2 is 1.95 bits per heavy atom. The van der Waals surface area contributed by atoms with Crippen LogP contribution in [0, 0.1) is 13.8 Å². The number of hydrogen-bond donors (Lipinski definition) is 2. The van der Waals surface area contributed by atoms with E-state index in [1.54, 1.807) is 24.3 Å². The third-order valence-corrected chi connectivity index (χ3v) is 2.30. The van der Waals surface area contributed by atoms with Gasteiger partial charge in [-0.05, 0) is 32.0 Å². The molecule has 2 aromatic rings. The molecule has 6 heteroatoms. The molecule has 0 saturated heterocycles. The van der Waals surface area contributed by atoms with E-state index in [9.17, 15) is 4.79 Å². The predicted molar refractivity (Wildman–Crippen MR) is 74.3 cm³/mol. The van der Waals surface area contributed by atoms with Gasteiger partial charge in [-0.1, -0.05) is 29.3 Å². The quantitative estimate of drug-likeness (QED) is 0.784. The maximum absolute atomic E-state index is 10.4. The van der Waals surface area contributed by atoms with E-state index in [1.165, 1.54) is 0 Å². The molecule has 3 N–H and O–H groups in total. The van der Waals surface area contributed by atoms with E-state index in [0.29, 0.717) is 10.7 Å². The molecule has 0 amide bonds. The van der Waals surface area contributed by atoms with Crippen molar-refractivity contribution in [3.8, 4) is 0 Å². The normalized spacial score (nSPS) is 9.42. The van der Waals surface area contributed by atoms with Gasteiger partial charge in [0.2, 0.25) is 5.95 Å². The summed E-state index contributed by atoms with van der Waals surface area (Å²) in [4.78, 5) is 17.8. The number of nitrogens with zero attached hydrogens (tertiary/aromatic N) is 2. The van der Waals surface area contributed by atoms with Crippen molar-refractivity contribution in [3.05, 3.63) is 52.3 Å². The second-order valence-electron chi connectivity index (χ2n) is 3.86. The number of halogens is 1. The molecule has 0 atom stereocenters. The first-order valence-electron chi connectivity index (χ1n) is 5.45. The molecule has 19 heavy (non-hydrogen) atoms. The van der Waals surface area contributed by atoms with E-state index in [4.69, 9.17) is 22.4 Å². The molecule has 0 bridgehead atoms. The van der Waals surface area contributed by atoms with Crippen LogP contribution in [0.4, 0.5) is 5.95 Å². The van der Waals surface area contributed by atoms with Gasteiger partial charge in [0.1, 0.15) is 5.15 Å². The molecule has 1 aromatic carbocycles. The smallest absolute Gasteiger partial charge is 0.335 e. The zero-order chi connectivity index (χ0) is 14.4. The molecule has 0 unspecified atom stereocenters. The first kappa shape index (κ1) is 14.9. The summed E-state index contributed by atoms with van der Waals surface area (Å²) in [5.74, 6) is -0.649. The largest absolute Gasteiger partial charge is 0.478 e. The third-order valence-electron chi connectivity index (χ3n) is 2.11. The fraction of sp³-hybridized carbons (Fsp3) is 0.154. The summed E-state index contributed by atoms with van der Waals surface area (Å²) < 4.78 is 0. The lowest BCUT2D eigenvalue weighted by Gasteiger charge is -1.93. The van der Waals surface area contributed by atoms with Crippen molar-refractivity contribution < 1.29 is 9.90 Å². The fourth-order valence-corrected chi connectivity index (χ4v) is 1.57. The summed E-state index contributed by atoms with van der Waals surface area (Å²) in [5.41, 5.74) is 7.36. The SMILES string of the molecule is Cc1cc(Cl)nc(N)n1.Cc1cccc(C(=O)O)c1. The number of nitrogens with two attached hydrogens (primary N) is 1. The van der Waals surface area contributed by atoms with Crippen molar-refractivity contribution in [1.29, 1.82) is 0 Å². The first-order valence-corrected chi connectivity index (χ1v) is 5.83. The van der Waals surface area contributed by atoms with Gasteiger partial charge >= 0.3 is 5.97 Å². The van der Waals surface area contributed by atoms with Gasteiger partial charge in [0, 0.05) is 5.69 Å². The van der Waals surface area contributed by atoms with Gasteiger partial charge in [0.05, 0.1) is 5.56 Å². The van der Waals surface area contributed by atoms with Crippen LogP contribution >= 0.6 is 11.6 Å². The molecule has 5 nitrogen and oxygen atoms in total. The molecule has 0 aliphatic carbocycles. The Labute approximate surface area is 116 Å². The summed E-state index contributed by atoms with van der Waals surface area (Å²) in [5, 5.41) is 8.90. The fourth-order valence-electron chi connectivity index (χ4n) is 1.33. The Bertz CT molecular complexity index is 537. The van der Waals surface area contributed by atoms with Gasteiger partial charge in [0.15, 0.2) is 0 Å². The summed E-state index contributed by atoms with van der Waals surface area (Å²) in [6.45, 7) is 3.68. The van der Waals surface area contributed by atoms with Crippen LogP contribution < -0.4 is 5.73 Å². The van der Waals surface area contributed by atoms with E-state index in [2.05, 4.69) is 9.97 Å². The third kappa shape index (κ3) is 5.35. The average Bonchev–Trinajstić information content (AvgIpc) is 2.27. The van der Waals surface area contributed by atoms with Crippen LogP contribution in [0.5, 0.6) is 0 Å². The summed E-state index contributed by atoms with van der Waals surface area (Å²) in [6, 6.07) is 8.47. The van der Waals surface area contributed by atoms with Crippen LogP contribution in [-0.2, 0) is 0 Å². The molecule has 1 heterocycles. The molecule has 0 fully saturated rings. The number of anilines is 1. The van der Waals surface area contributed by atoms with Gasteiger partial charge in [-0.3, -0.25) is 0 Å². The highest BCUT2D eigenvalue weighted by atomic mass is 35.5. The lowest BCUT2D eigenvalue weighted by molar-refractivity contribution is 0.0697. The maximum atomic E-state index is 10.4. The van der Waals surface area contributed by atoms with E-state index in [0.717, 1.165) is 11.3 Å². The second kappa shape index (κ2) is 6.70. The second-order valence-corrected chi connectivity index (χ2v) is 4.25. The van der Waals surface area contributed by atoms with Crippen molar-refractivity contribution in [2.75, 3.05) is 5.73 Å². The molecular formula is C13H14ClN3O2. The molecule has 2 rings (SSSR count). The summed E-state index contributed by atoms with van der Waals surface area (Å²) in [6.07, 6.45) is 0. The van der Waals surface area contributed by atoms with Crippen LogP contribution in [-0.4, -0.2) is 21.0 Å². The van der Waals surface area contributed by atoms with Crippen molar-refractivity contribution in [2.45, 2.75) is 13.8 Å². The predicted octanol–water partition coefficient (Wildman–Crippen LogP) is 2.71. The van der Waals surface area contributed by atoms with Crippen LogP contribution in [0.15, 0.2) is 30.3 Å². The minimum absolute atomic E-state index is 0.222. The number of nitrogen functional groups attached to an aromatic ring is 1. The number of carboxylic acid groups (broad SMARTS) is 1. The van der Waals surface area contributed by atoms with Gasteiger partial charge in [-0.15, -0.1) is 0 Å². The topological polar surface area (TPSA) is 89.1 Å². The zero-order valence-electron chi connectivity index (χ0n) is 10.6. The van der Waals surface area contributed by atoms with Crippen LogP contribution in [0.25, 0.3) is 0 Å². The molecule has 0 aliphatic heterocycles. The lowest BCUT2D eigenvalue weighted by Crippen LogP contribution is -1.95. The summed E-state index contributed by atoms with van der Waals surface area (Å²) in [7, 11) is 0. The number of carboxylic acids is 1. The lowest BCUT2D eigenvalue weighted by atomic mass is 10.1. The van der Waals surface area contributed by atoms with Crippen LogP contribution in [0.3, 0.4) is 0 Å². The molecule has 0 aliphatic rings. The highest BCUT2D eigenvalue weighted by Crippen LogP contribution is 2.06. The molecule has 1 aromatic heterocycles. The standard InChI is InChI=1S/C8H8O2.C5H6ClN3/c1-6-3-2-4-7(5-6)8(9)10;1-3-2-4(6)9-5(7)8-3/h2-5H,1H3,(H,9,10);2H,1H3,(H2,7,8,9). The Hall–Kier alpha value is -2.14. The van der Waals surface area contributed by atoms with E-state index in [-0.39, 0.29) is 5.95 Å². The Kier molecular flexibility index (Phi) is 5.26. The Morgan fingerprint density at radius 1 is 1.26 bits per heavy atom. The number of aromatic nitrogens is 2. The van der Waals surface area contributed by atoms with E-state index < -0.39 is 5.97 Å². The van der Waals surface area contributed by atoms with E-state index in [1.807, 2.05) is 19.9 Å². The highest BCUT2D eigenvalue weighted by molar-refractivity contribution is 6.29. The van der Waals surface area contributed by atoms with Gasteiger partial charge in [-0.25, -0.2) is 14.8 Å². The number of carbonyl (C=O) groups is 1. The number of benzene rings is 1. The maximum Gasteiger partial charge on any atom is 0.335 e. The minimum atomic E-state index is -0.872. The minimum Gasteiger partial charge on any atom is -0.478 e. The molecular weight excluding hydrogens is 266 g/mol. The van der Waals surface area contributed by atoms with Crippen LogP contribution in [0.2, 0.25) is 5.15 Å². The van der Waals surface area contributed by atoms with Crippen molar-refractivity contribution >= 4 is 23.5 Å². The monoisotopic (exact) mass is 279 g/mol. The Morgan fingerprint density at radius 3 is 2.37 bits per heavy atom. The average molecular weight is 280 g/mol. The molecule has 0 radical (unpaired) electrons. The Balaban J connectivity index is 0.000000191. The zero-order valence-corrected chi connectivity index (χ0v) is 11.3. The first-order chi connectivity index (χ1) is 8.88. The number of hydrogen-bond acceptors (Lipinski definition) is 4. The number of aryl methyl sites for hydroxylation is 2. The summed E-state index contributed by atoms with van der Waals surface area (Å²) >= 11 is 5.52. The van der Waals surface area contributed by atoms with Gasteiger partial charge in [0.25, 0.3) is 0 Å². The van der Waals surface area contributed by atoms with E-state index >= 15 is 0 Å². The number of rotatable bonds is 1. The van der Waals surface area contributed by atoms with Gasteiger partial charge in [-0.2, -0.15) is 0 Å². The van der Waals surface area contributed by atoms with Crippen LogP contribution in [0.1, 0.15) is 21.6 Å². The van der Waals surface area contributed by atoms with Gasteiger partial charge < -0.3 is 10.8 Å². The van der Waals surface area contributed by atoms with Crippen molar-refractivity contribution in [1.82, 2.24) is 9.97 Å². The molecule has 100 valence electrons. The molecule has 0 spiro atoms. The van der Waals surface area contributed by atoms with Crippen molar-refractivity contribution in [3.63, 3.8) is 0 Å². The highest BCUT2D eigenvalue weighted by Gasteiger charge is 1.99. The number of aromatic carboxylic acids is 1.